The zero-order valence-corrected chi connectivity index (χ0v) is 12.7. The third kappa shape index (κ3) is 3.49. The molecule has 1 aromatic carbocycles. The Bertz CT molecular complexity index is 665. The van der Waals surface area contributed by atoms with Gasteiger partial charge in [-0.05, 0) is 11.6 Å². The molecule has 0 saturated carbocycles. The van der Waals surface area contributed by atoms with Crippen LogP contribution in [0.4, 0.5) is 4.79 Å². The van der Waals surface area contributed by atoms with Crippen LogP contribution in [0.25, 0.3) is 10.9 Å². The number of aromatic nitrogens is 1. The summed E-state index contributed by atoms with van der Waals surface area (Å²) in [5, 5.41) is 23.9. The number of benzene rings is 1. The minimum absolute atomic E-state index is 0.00230. The Balaban J connectivity index is 2.34. The lowest BCUT2D eigenvalue weighted by atomic mass is 10.0. The zero-order valence-electron chi connectivity index (χ0n) is 12.7. The van der Waals surface area contributed by atoms with E-state index >= 15 is 0 Å². The number of carbonyl (C=O) groups is 1. The van der Waals surface area contributed by atoms with E-state index < -0.39 is 12.3 Å². The molecule has 0 aliphatic carbocycles. The number of aromatic amines is 1. The molecule has 0 amide bonds. The number of carbonyl (C=O) groups excluding carboxylic acids is 1. The average Bonchev–Trinajstić information content (AvgIpc) is 2.89. The first kappa shape index (κ1) is 16.1. The largest absolute Gasteiger partial charge is 0.514 e. The summed E-state index contributed by atoms with van der Waals surface area (Å²) >= 11 is 0. The van der Waals surface area contributed by atoms with Crippen LogP contribution in [0, 0.1) is 0 Å². The number of aliphatic hydroxyl groups excluding tert-OH is 1. The lowest BCUT2D eigenvalue weighted by Gasteiger charge is -2.15. The molecular weight excluding hydrogens is 288 g/mol. The lowest BCUT2D eigenvalue weighted by molar-refractivity contribution is 0.120. The Hall–Kier alpha value is -2.25. The van der Waals surface area contributed by atoms with E-state index in [2.05, 4.69) is 15.0 Å². The lowest BCUT2D eigenvalue weighted by Crippen LogP contribution is -2.27. The fourth-order valence-corrected chi connectivity index (χ4v) is 2.14. The molecule has 2 rings (SSSR count). The van der Waals surface area contributed by atoms with Gasteiger partial charge in [-0.2, -0.15) is 0 Å². The zero-order chi connectivity index (χ0) is 16.3. The first-order valence-corrected chi connectivity index (χ1v) is 6.94. The van der Waals surface area contributed by atoms with Crippen molar-refractivity contribution in [3.8, 4) is 11.6 Å². The van der Waals surface area contributed by atoms with E-state index in [1.165, 1.54) is 13.2 Å². The van der Waals surface area contributed by atoms with Crippen molar-refractivity contribution >= 4 is 17.1 Å². The normalized spacial score (nSPS) is 12.6. The molecule has 0 aliphatic heterocycles. The van der Waals surface area contributed by atoms with Crippen molar-refractivity contribution in [2.45, 2.75) is 26.0 Å². The maximum atomic E-state index is 11.2. The molecule has 7 nitrogen and oxygen atoms in total. The molecule has 0 fully saturated rings. The number of aromatic hydroxyl groups is 1. The van der Waals surface area contributed by atoms with Gasteiger partial charge in [0.15, 0.2) is 0 Å². The van der Waals surface area contributed by atoms with Crippen LogP contribution in [-0.2, 0) is 4.74 Å². The van der Waals surface area contributed by atoms with E-state index in [0.717, 1.165) is 0 Å². The molecule has 0 spiro atoms. The van der Waals surface area contributed by atoms with Crippen molar-refractivity contribution in [1.82, 2.24) is 10.3 Å². The van der Waals surface area contributed by atoms with Crippen LogP contribution in [0.5, 0.6) is 11.6 Å². The van der Waals surface area contributed by atoms with Crippen LogP contribution in [-0.4, -0.2) is 41.0 Å². The summed E-state index contributed by atoms with van der Waals surface area (Å²) in [6, 6.07) is 4.90. The molecule has 1 unspecified atom stereocenters. The molecule has 0 radical (unpaired) electrons. The number of hydrogen-bond acceptors (Lipinski definition) is 6. The van der Waals surface area contributed by atoms with Gasteiger partial charge in [-0.1, -0.05) is 19.9 Å². The smallest absolute Gasteiger partial charge is 0.506 e. The highest BCUT2D eigenvalue weighted by atomic mass is 16.7. The number of phenolic OH excluding ortho intramolecular Hbond substituents is 1. The number of aliphatic hydroxyl groups is 1. The molecule has 2 aromatic rings. The minimum Gasteiger partial charge on any atom is -0.506 e. The van der Waals surface area contributed by atoms with Gasteiger partial charge in [-0.3, -0.25) is 0 Å². The topological polar surface area (TPSA) is 104 Å². The molecule has 0 saturated heterocycles. The quantitative estimate of drug-likeness (QED) is 0.630. The molecule has 0 aliphatic rings. The minimum atomic E-state index is -0.866. The van der Waals surface area contributed by atoms with Crippen molar-refractivity contribution in [1.29, 1.82) is 0 Å². The molecule has 4 N–H and O–H groups in total. The second kappa shape index (κ2) is 6.67. The second-order valence-corrected chi connectivity index (χ2v) is 5.23. The van der Waals surface area contributed by atoms with Gasteiger partial charge in [0.25, 0.3) is 0 Å². The monoisotopic (exact) mass is 308 g/mol. The summed E-state index contributed by atoms with van der Waals surface area (Å²) < 4.78 is 9.33. The third-order valence-corrected chi connectivity index (χ3v) is 3.22. The second-order valence-electron chi connectivity index (χ2n) is 5.23. The standard InChI is InChI=1S/C15H20N2O5/c1-8(2)16-7-12(19)9-4-5-11(18)14-10(9)6-13(17-14)22-15(20)21-3/h4-6,8,12,16-19H,7H2,1-3H3. The van der Waals surface area contributed by atoms with Crippen molar-refractivity contribution in [3.63, 3.8) is 0 Å². The highest BCUT2D eigenvalue weighted by Gasteiger charge is 2.17. The molecule has 1 atom stereocenters. The number of H-pyrrole nitrogens is 1. The van der Waals surface area contributed by atoms with E-state index in [9.17, 15) is 15.0 Å². The van der Waals surface area contributed by atoms with E-state index in [4.69, 9.17) is 4.74 Å². The van der Waals surface area contributed by atoms with Gasteiger partial charge in [-0.15, -0.1) is 0 Å². The first-order chi connectivity index (χ1) is 10.4. The molecule has 22 heavy (non-hydrogen) atoms. The van der Waals surface area contributed by atoms with Gasteiger partial charge in [0.05, 0.1) is 18.7 Å². The van der Waals surface area contributed by atoms with Gasteiger partial charge < -0.3 is 30.0 Å². The van der Waals surface area contributed by atoms with Crippen LogP contribution in [0.1, 0.15) is 25.5 Å². The Labute approximate surface area is 127 Å². The van der Waals surface area contributed by atoms with Crippen LogP contribution >= 0.6 is 0 Å². The number of hydrogen-bond donors (Lipinski definition) is 4. The fourth-order valence-electron chi connectivity index (χ4n) is 2.14. The van der Waals surface area contributed by atoms with Crippen LogP contribution < -0.4 is 10.1 Å². The fraction of sp³-hybridized carbons (Fsp3) is 0.400. The Morgan fingerprint density at radius 2 is 2.14 bits per heavy atom. The summed E-state index contributed by atoms with van der Waals surface area (Å²) in [7, 11) is 1.20. The van der Waals surface area contributed by atoms with Crippen LogP contribution in [0.3, 0.4) is 0 Å². The van der Waals surface area contributed by atoms with Crippen LogP contribution in [0.2, 0.25) is 0 Å². The van der Waals surface area contributed by atoms with E-state index in [-0.39, 0.29) is 17.7 Å². The maximum absolute atomic E-state index is 11.2. The number of nitrogens with one attached hydrogen (secondary N) is 2. The van der Waals surface area contributed by atoms with Crippen molar-refractivity contribution in [3.05, 3.63) is 23.8 Å². The van der Waals surface area contributed by atoms with E-state index in [0.29, 0.717) is 23.0 Å². The molecule has 1 heterocycles. The molecular formula is C15H20N2O5. The summed E-state index contributed by atoms with van der Waals surface area (Å²) in [4.78, 5) is 13.9. The van der Waals surface area contributed by atoms with Gasteiger partial charge in [0, 0.05) is 24.0 Å². The van der Waals surface area contributed by atoms with Crippen molar-refractivity contribution in [2.24, 2.45) is 0 Å². The average molecular weight is 308 g/mol. The van der Waals surface area contributed by atoms with Gasteiger partial charge in [-0.25, -0.2) is 4.79 Å². The summed E-state index contributed by atoms with van der Waals surface area (Å²) in [6.45, 7) is 4.34. The molecule has 120 valence electrons. The van der Waals surface area contributed by atoms with Gasteiger partial charge >= 0.3 is 6.16 Å². The summed E-state index contributed by atoms with van der Waals surface area (Å²) in [6.07, 6.45) is -1.62. The van der Waals surface area contributed by atoms with Crippen molar-refractivity contribution in [2.75, 3.05) is 13.7 Å². The maximum Gasteiger partial charge on any atom is 0.514 e. The molecule has 1 aromatic heterocycles. The highest BCUT2D eigenvalue weighted by Crippen LogP contribution is 2.33. The third-order valence-electron chi connectivity index (χ3n) is 3.22. The number of rotatable bonds is 5. The Kier molecular flexibility index (Phi) is 4.89. The Morgan fingerprint density at radius 1 is 1.41 bits per heavy atom. The van der Waals surface area contributed by atoms with Crippen molar-refractivity contribution < 1.29 is 24.5 Å². The Morgan fingerprint density at radius 3 is 2.77 bits per heavy atom. The van der Waals surface area contributed by atoms with E-state index in [1.807, 2.05) is 13.8 Å². The number of ether oxygens (including phenoxy) is 2. The molecule has 7 heteroatoms. The number of methoxy groups -OCH3 is 1. The van der Waals surface area contributed by atoms with Crippen LogP contribution in [0.15, 0.2) is 18.2 Å². The number of fused-ring (bicyclic) bond motifs is 1. The number of phenols is 1. The predicted molar refractivity (Wildman–Crippen MR) is 81.1 cm³/mol. The predicted octanol–water partition coefficient (Wildman–Crippen LogP) is 2.05. The summed E-state index contributed by atoms with van der Waals surface area (Å²) in [5.41, 5.74) is 1.01. The molecule has 0 bridgehead atoms. The SMILES string of the molecule is COC(=O)Oc1cc2c(C(O)CNC(C)C)ccc(O)c2[nH]1. The van der Waals surface area contributed by atoms with Gasteiger partial charge in [0.1, 0.15) is 5.75 Å². The highest BCUT2D eigenvalue weighted by molar-refractivity contribution is 5.90. The van der Waals surface area contributed by atoms with Gasteiger partial charge in [0.2, 0.25) is 5.88 Å². The summed E-state index contributed by atoms with van der Waals surface area (Å²) in [5.74, 6) is 0.135. The van der Waals surface area contributed by atoms with E-state index in [1.54, 1.807) is 12.1 Å². The first-order valence-electron chi connectivity index (χ1n) is 6.94.